The number of Topliss-reactive ketones (excluding diaryl/α,β-unsaturated/α-hetero) is 1. The van der Waals surface area contributed by atoms with Crippen LogP contribution in [0.1, 0.15) is 35.9 Å². The summed E-state index contributed by atoms with van der Waals surface area (Å²) in [6, 6.07) is 18.1. The van der Waals surface area contributed by atoms with Crippen LogP contribution < -0.4 is 10.6 Å². The Bertz CT molecular complexity index is 1210. The summed E-state index contributed by atoms with van der Waals surface area (Å²) >= 11 is 3.42. The molecular weight excluding hydrogens is 462 g/mol. The van der Waals surface area contributed by atoms with E-state index < -0.39 is 6.04 Å². The van der Waals surface area contributed by atoms with Gasteiger partial charge in [-0.1, -0.05) is 40.2 Å². The van der Waals surface area contributed by atoms with E-state index in [1.54, 1.807) is 24.3 Å². The number of fused-ring (bicyclic) bond motifs is 1. The molecule has 6 heteroatoms. The van der Waals surface area contributed by atoms with E-state index in [1.165, 1.54) is 18.2 Å². The first-order valence-corrected chi connectivity index (χ1v) is 10.9. The maximum atomic E-state index is 14.9. The number of hydrogen-bond acceptors (Lipinski definition) is 3. The molecule has 0 bridgehead atoms. The summed E-state index contributed by atoms with van der Waals surface area (Å²) in [6.45, 7) is 0. The van der Waals surface area contributed by atoms with Crippen molar-refractivity contribution in [3.05, 3.63) is 105 Å². The standard InChI is InChI=1S/C25H19BrF2N2O/c26-16-7-10-19(28)18(13-16)25-24-22(29-20-3-1-2-4-21(20)30-25)11-15(12-23(24)31)14-5-8-17(27)9-6-14/h1-10,13,15,25,29-30H,11-12H2. The Hall–Kier alpha value is -2.99. The zero-order valence-corrected chi connectivity index (χ0v) is 18.0. The molecule has 2 unspecified atom stereocenters. The number of halogens is 3. The van der Waals surface area contributed by atoms with Gasteiger partial charge in [-0.2, -0.15) is 0 Å². The number of hydrogen-bond donors (Lipinski definition) is 2. The van der Waals surface area contributed by atoms with Crippen molar-refractivity contribution in [2.75, 3.05) is 10.6 Å². The first kappa shape index (κ1) is 19.9. The first-order valence-electron chi connectivity index (χ1n) is 10.1. The number of benzene rings is 3. The van der Waals surface area contributed by atoms with Crippen LogP contribution in [0.15, 0.2) is 82.5 Å². The third-order valence-corrected chi connectivity index (χ3v) is 6.41. The minimum Gasteiger partial charge on any atom is -0.372 e. The highest BCUT2D eigenvalue weighted by Crippen LogP contribution is 2.44. The van der Waals surface area contributed by atoms with Gasteiger partial charge in [0.15, 0.2) is 5.78 Å². The zero-order valence-electron chi connectivity index (χ0n) is 16.5. The second kappa shape index (κ2) is 7.93. The molecule has 1 heterocycles. The molecule has 3 aromatic carbocycles. The molecule has 2 N–H and O–H groups in total. The van der Waals surface area contributed by atoms with Gasteiger partial charge in [0.1, 0.15) is 11.6 Å². The molecule has 0 saturated heterocycles. The van der Waals surface area contributed by atoms with Crippen LogP contribution in [0.4, 0.5) is 20.2 Å². The number of carbonyl (C=O) groups is 1. The molecular formula is C25H19BrF2N2O. The Morgan fingerprint density at radius 3 is 2.42 bits per heavy atom. The predicted molar refractivity (Wildman–Crippen MR) is 121 cm³/mol. The Morgan fingerprint density at radius 1 is 0.903 bits per heavy atom. The van der Waals surface area contributed by atoms with Gasteiger partial charge in [0.25, 0.3) is 0 Å². The molecule has 5 rings (SSSR count). The third kappa shape index (κ3) is 3.76. The molecule has 2 aliphatic rings. The van der Waals surface area contributed by atoms with Crippen molar-refractivity contribution in [1.82, 2.24) is 0 Å². The van der Waals surface area contributed by atoms with E-state index >= 15 is 0 Å². The van der Waals surface area contributed by atoms with Gasteiger partial charge >= 0.3 is 0 Å². The number of allylic oxidation sites excluding steroid dienone is 1. The number of ketones is 1. The minimum atomic E-state index is -0.620. The average Bonchev–Trinajstić information content (AvgIpc) is 2.92. The van der Waals surface area contributed by atoms with Crippen LogP contribution in [-0.4, -0.2) is 5.78 Å². The Balaban J connectivity index is 1.63. The molecule has 0 aromatic heterocycles. The molecule has 31 heavy (non-hydrogen) atoms. The molecule has 156 valence electrons. The van der Waals surface area contributed by atoms with Crippen molar-refractivity contribution >= 4 is 33.1 Å². The van der Waals surface area contributed by atoms with Gasteiger partial charge in [0.05, 0.1) is 17.4 Å². The summed E-state index contributed by atoms with van der Waals surface area (Å²) < 4.78 is 29.0. The highest BCUT2D eigenvalue weighted by Gasteiger charge is 2.37. The van der Waals surface area contributed by atoms with E-state index in [0.717, 1.165) is 27.1 Å². The van der Waals surface area contributed by atoms with Crippen LogP contribution in [0, 0.1) is 11.6 Å². The summed E-state index contributed by atoms with van der Waals surface area (Å²) in [5, 5.41) is 6.81. The van der Waals surface area contributed by atoms with Crippen molar-refractivity contribution in [1.29, 1.82) is 0 Å². The van der Waals surface area contributed by atoms with Crippen molar-refractivity contribution in [2.45, 2.75) is 24.8 Å². The van der Waals surface area contributed by atoms with Crippen LogP contribution in [-0.2, 0) is 4.79 Å². The topological polar surface area (TPSA) is 41.1 Å². The van der Waals surface area contributed by atoms with E-state index in [9.17, 15) is 13.6 Å². The lowest BCUT2D eigenvalue weighted by atomic mass is 9.78. The molecule has 0 spiro atoms. The van der Waals surface area contributed by atoms with Crippen LogP contribution in [0.2, 0.25) is 0 Å². The van der Waals surface area contributed by atoms with Crippen molar-refractivity contribution in [3.8, 4) is 0 Å². The highest BCUT2D eigenvalue weighted by atomic mass is 79.9. The predicted octanol–water partition coefficient (Wildman–Crippen LogP) is 6.71. The number of nitrogens with one attached hydrogen (secondary N) is 2. The maximum Gasteiger partial charge on any atom is 0.163 e. The molecule has 3 aromatic rings. The fourth-order valence-corrected chi connectivity index (χ4v) is 4.81. The van der Waals surface area contributed by atoms with Crippen molar-refractivity contribution < 1.29 is 13.6 Å². The SMILES string of the molecule is O=C1CC(c2ccc(F)cc2)CC2=C1C(c1cc(Br)ccc1F)Nc1ccccc1N2. The minimum absolute atomic E-state index is 0.0484. The van der Waals surface area contributed by atoms with Gasteiger partial charge in [-0.3, -0.25) is 4.79 Å². The van der Waals surface area contributed by atoms with Gasteiger partial charge in [-0.05, 0) is 60.4 Å². The van der Waals surface area contributed by atoms with E-state index in [1.807, 2.05) is 24.3 Å². The van der Waals surface area contributed by atoms with Crippen LogP contribution in [0.25, 0.3) is 0 Å². The normalized spacial score (nSPS) is 20.3. The Morgan fingerprint density at radius 2 is 1.65 bits per heavy atom. The molecule has 2 atom stereocenters. The van der Waals surface area contributed by atoms with E-state index in [2.05, 4.69) is 26.6 Å². The number of carbonyl (C=O) groups excluding carboxylic acids is 1. The average molecular weight is 481 g/mol. The summed E-state index contributed by atoms with van der Waals surface area (Å²) in [5.41, 5.74) is 4.28. The summed E-state index contributed by atoms with van der Waals surface area (Å²) in [6.07, 6.45) is 0.866. The smallest absolute Gasteiger partial charge is 0.163 e. The first-order chi connectivity index (χ1) is 15.0. The fourth-order valence-electron chi connectivity index (χ4n) is 4.43. The van der Waals surface area contributed by atoms with Crippen LogP contribution in [0.5, 0.6) is 0 Å². The molecule has 3 nitrogen and oxygen atoms in total. The van der Waals surface area contributed by atoms with Crippen molar-refractivity contribution in [3.63, 3.8) is 0 Å². The van der Waals surface area contributed by atoms with E-state index in [4.69, 9.17) is 0 Å². The zero-order chi connectivity index (χ0) is 21.5. The van der Waals surface area contributed by atoms with Crippen LogP contribution >= 0.6 is 15.9 Å². The molecule has 0 fully saturated rings. The monoisotopic (exact) mass is 480 g/mol. The Labute approximate surface area is 187 Å². The lowest BCUT2D eigenvalue weighted by molar-refractivity contribution is -0.116. The lowest BCUT2D eigenvalue weighted by Gasteiger charge is -2.30. The Kier molecular flexibility index (Phi) is 5.10. The lowest BCUT2D eigenvalue weighted by Crippen LogP contribution is -2.27. The number of anilines is 2. The number of para-hydroxylation sites is 2. The molecule has 0 amide bonds. The van der Waals surface area contributed by atoms with Gasteiger partial charge in [0, 0.05) is 27.7 Å². The quantitative estimate of drug-likeness (QED) is 0.428. The van der Waals surface area contributed by atoms with Crippen molar-refractivity contribution in [2.24, 2.45) is 0 Å². The van der Waals surface area contributed by atoms with Gasteiger partial charge in [0.2, 0.25) is 0 Å². The fraction of sp³-hybridized carbons (Fsp3) is 0.160. The van der Waals surface area contributed by atoms with Gasteiger partial charge in [-0.25, -0.2) is 8.78 Å². The molecule has 1 aliphatic carbocycles. The van der Waals surface area contributed by atoms with Gasteiger partial charge < -0.3 is 10.6 Å². The largest absolute Gasteiger partial charge is 0.372 e. The maximum absolute atomic E-state index is 14.9. The summed E-state index contributed by atoms with van der Waals surface area (Å²) in [4.78, 5) is 13.4. The van der Waals surface area contributed by atoms with E-state index in [-0.39, 0.29) is 29.8 Å². The summed E-state index contributed by atoms with van der Waals surface area (Å²) in [5.74, 6) is -0.799. The van der Waals surface area contributed by atoms with Gasteiger partial charge in [-0.15, -0.1) is 0 Å². The third-order valence-electron chi connectivity index (χ3n) is 5.92. The summed E-state index contributed by atoms with van der Waals surface area (Å²) in [7, 11) is 0. The highest BCUT2D eigenvalue weighted by molar-refractivity contribution is 9.10. The second-order valence-electron chi connectivity index (χ2n) is 7.89. The molecule has 0 saturated carbocycles. The molecule has 0 radical (unpaired) electrons. The van der Waals surface area contributed by atoms with E-state index in [0.29, 0.717) is 17.6 Å². The van der Waals surface area contributed by atoms with Crippen LogP contribution in [0.3, 0.4) is 0 Å². The molecule has 1 aliphatic heterocycles. The second-order valence-corrected chi connectivity index (χ2v) is 8.80. The number of rotatable bonds is 2.